The highest BCUT2D eigenvalue weighted by Crippen LogP contribution is 2.44. The van der Waals surface area contributed by atoms with Crippen LogP contribution >= 0.6 is 46.3 Å². The Kier molecular flexibility index (Phi) is 9.24. The molecule has 1 saturated heterocycles. The van der Waals surface area contributed by atoms with Crippen molar-refractivity contribution in [2.45, 2.75) is 35.9 Å². The van der Waals surface area contributed by atoms with Gasteiger partial charge in [0.05, 0.1) is 18.2 Å². The smallest absolute Gasteiger partial charge is 0.301 e. The highest BCUT2D eigenvalue weighted by molar-refractivity contribution is 8.00. The molecule has 41 heavy (non-hydrogen) atoms. The molecule has 0 aliphatic carbocycles. The number of benzene rings is 2. The second-order valence-electron chi connectivity index (χ2n) is 9.05. The maximum Gasteiger partial charge on any atom is 0.301 e. The lowest BCUT2D eigenvalue weighted by molar-refractivity contribution is -0.132. The van der Waals surface area contributed by atoms with Crippen LogP contribution in [0.25, 0.3) is 5.76 Å². The van der Waals surface area contributed by atoms with Gasteiger partial charge in [-0.2, -0.15) is 0 Å². The van der Waals surface area contributed by atoms with Crippen molar-refractivity contribution in [2.24, 2.45) is 0 Å². The number of pyridine rings is 1. The van der Waals surface area contributed by atoms with E-state index in [1.807, 2.05) is 6.07 Å². The number of amides is 1. The molecule has 0 radical (unpaired) electrons. The van der Waals surface area contributed by atoms with Gasteiger partial charge in [-0.25, -0.2) is 0 Å². The van der Waals surface area contributed by atoms with Gasteiger partial charge in [0.1, 0.15) is 11.5 Å². The van der Waals surface area contributed by atoms with E-state index in [0.717, 1.165) is 18.4 Å². The summed E-state index contributed by atoms with van der Waals surface area (Å²) in [5, 5.41) is 21.0. The number of aliphatic hydroxyl groups excluding tert-OH is 1. The van der Waals surface area contributed by atoms with E-state index in [0.29, 0.717) is 43.6 Å². The molecule has 2 aromatic carbocycles. The van der Waals surface area contributed by atoms with Gasteiger partial charge in [0.25, 0.3) is 5.78 Å². The fourth-order valence-electron chi connectivity index (χ4n) is 4.23. The Bertz CT molecular complexity index is 1600. The third kappa shape index (κ3) is 6.41. The third-order valence-corrected chi connectivity index (χ3v) is 9.02. The summed E-state index contributed by atoms with van der Waals surface area (Å²) >= 11 is 14.9. The first-order valence-electron chi connectivity index (χ1n) is 12.7. The minimum absolute atomic E-state index is 0.0433. The van der Waals surface area contributed by atoms with Crippen molar-refractivity contribution in [1.29, 1.82) is 0 Å². The van der Waals surface area contributed by atoms with Crippen LogP contribution in [0.15, 0.2) is 76.9 Å². The van der Waals surface area contributed by atoms with Crippen LogP contribution in [-0.2, 0) is 15.3 Å². The quantitative estimate of drug-likeness (QED) is 0.0487. The first kappa shape index (κ1) is 29.1. The second kappa shape index (κ2) is 13.0. The number of anilines is 1. The van der Waals surface area contributed by atoms with Crippen molar-refractivity contribution < 1.29 is 19.4 Å². The zero-order valence-corrected chi connectivity index (χ0v) is 24.9. The van der Waals surface area contributed by atoms with E-state index in [2.05, 4.69) is 22.1 Å². The topological polar surface area (TPSA) is 106 Å². The fourth-order valence-corrected chi connectivity index (χ4v) is 6.65. The average Bonchev–Trinajstić information content (AvgIpc) is 3.55. The zero-order chi connectivity index (χ0) is 28.9. The maximum atomic E-state index is 13.4. The van der Waals surface area contributed by atoms with Crippen molar-refractivity contribution in [3.05, 3.63) is 99.3 Å². The number of Topliss-reactive ketones (excluding diaryl/α,β-unsaturated/α-hetero) is 1. The first-order valence-corrected chi connectivity index (χ1v) is 15.3. The van der Waals surface area contributed by atoms with Gasteiger partial charge < -0.3 is 9.84 Å². The number of unbranched alkanes of at least 4 members (excludes halogenated alkanes) is 1. The molecule has 0 spiro atoms. The molecule has 12 heteroatoms. The van der Waals surface area contributed by atoms with E-state index in [9.17, 15) is 14.7 Å². The summed E-state index contributed by atoms with van der Waals surface area (Å²) in [5.41, 5.74) is 1.81. The molecule has 1 atom stereocenters. The van der Waals surface area contributed by atoms with E-state index in [1.165, 1.54) is 40.4 Å². The molecule has 1 amide bonds. The van der Waals surface area contributed by atoms with E-state index >= 15 is 0 Å². The Morgan fingerprint density at radius 1 is 1.07 bits per heavy atom. The summed E-state index contributed by atoms with van der Waals surface area (Å²) in [6, 6.07) is 14.6. The number of hydrogen-bond donors (Lipinski definition) is 1. The molecule has 2 aromatic heterocycles. The molecule has 1 fully saturated rings. The summed E-state index contributed by atoms with van der Waals surface area (Å²) in [7, 11) is 0. The van der Waals surface area contributed by atoms with Crippen molar-refractivity contribution in [2.75, 3.05) is 11.5 Å². The number of carbonyl (C=O) groups excluding carboxylic acids is 2. The van der Waals surface area contributed by atoms with Gasteiger partial charge in [-0.15, -0.1) is 10.2 Å². The van der Waals surface area contributed by atoms with E-state index in [1.54, 1.807) is 48.5 Å². The van der Waals surface area contributed by atoms with E-state index < -0.39 is 17.7 Å². The number of halogens is 2. The molecule has 8 nitrogen and oxygen atoms in total. The number of aliphatic hydroxyl groups is 1. The number of carbonyl (C=O) groups is 2. The second-order valence-corrected chi connectivity index (χ2v) is 12.1. The van der Waals surface area contributed by atoms with E-state index in [4.69, 9.17) is 27.9 Å². The summed E-state index contributed by atoms with van der Waals surface area (Å²) in [4.78, 5) is 32.1. The number of hydrogen-bond acceptors (Lipinski definition) is 9. The average molecular weight is 628 g/mol. The van der Waals surface area contributed by atoms with Crippen LogP contribution in [0.2, 0.25) is 10.0 Å². The van der Waals surface area contributed by atoms with Gasteiger partial charge in [0, 0.05) is 33.8 Å². The minimum atomic E-state index is -0.927. The van der Waals surface area contributed by atoms with Crippen LogP contribution in [0.3, 0.4) is 0 Å². The standard InChI is InChI=1S/C29H24Cl2N4O4S2/c1-2-3-14-39-21-8-5-17(6-9-21)24-23(25(36)18-10-12-32-13-11-18)26(37)27(38)35(24)28-33-34-29(41-28)40-16-19-4-7-20(30)15-22(19)31/h4-13,15,24,36H,2-3,14,16H2,1H3. The highest BCUT2D eigenvalue weighted by Gasteiger charge is 2.48. The summed E-state index contributed by atoms with van der Waals surface area (Å²) in [6.07, 6.45) is 4.94. The normalized spacial score (nSPS) is 16.4. The Morgan fingerprint density at radius 2 is 1.83 bits per heavy atom. The third-order valence-electron chi connectivity index (χ3n) is 6.33. The number of thioether (sulfide) groups is 1. The molecule has 210 valence electrons. The lowest BCUT2D eigenvalue weighted by Gasteiger charge is -2.22. The SMILES string of the molecule is CCCCOc1ccc(C2C(=C(O)c3ccncc3)C(=O)C(=O)N2c2nnc(SCc3ccc(Cl)cc3Cl)s2)cc1. The molecule has 1 aliphatic heterocycles. The number of nitrogens with zero attached hydrogens (tertiary/aromatic N) is 4. The number of rotatable bonds is 10. The molecule has 0 bridgehead atoms. The van der Waals surface area contributed by atoms with Crippen molar-refractivity contribution in [1.82, 2.24) is 15.2 Å². The lowest BCUT2D eigenvalue weighted by atomic mass is 9.95. The zero-order valence-electron chi connectivity index (χ0n) is 21.8. The van der Waals surface area contributed by atoms with Gasteiger partial charge >= 0.3 is 5.91 Å². The summed E-state index contributed by atoms with van der Waals surface area (Å²) < 4.78 is 6.37. The fraction of sp³-hybridized carbons (Fsp3) is 0.207. The predicted octanol–water partition coefficient (Wildman–Crippen LogP) is 7.34. The summed E-state index contributed by atoms with van der Waals surface area (Å²) in [5.74, 6) is -0.733. The highest BCUT2D eigenvalue weighted by atomic mass is 35.5. The lowest BCUT2D eigenvalue weighted by Crippen LogP contribution is -2.29. The van der Waals surface area contributed by atoms with E-state index in [-0.39, 0.29) is 16.5 Å². The van der Waals surface area contributed by atoms with Crippen LogP contribution in [0.1, 0.15) is 42.5 Å². The van der Waals surface area contributed by atoms with Crippen molar-refractivity contribution in [3.63, 3.8) is 0 Å². The molecule has 1 aliphatic rings. The van der Waals surface area contributed by atoms with Gasteiger partial charge in [0.2, 0.25) is 5.13 Å². The number of ether oxygens (including phenoxy) is 1. The molecule has 1 N–H and O–H groups in total. The van der Waals surface area contributed by atoms with Crippen LogP contribution in [0.4, 0.5) is 5.13 Å². The largest absolute Gasteiger partial charge is 0.507 e. The maximum absolute atomic E-state index is 13.4. The van der Waals surface area contributed by atoms with Gasteiger partial charge in [-0.3, -0.25) is 19.5 Å². The van der Waals surface area contributed by atoms with Crippen LogP contribution in [0.5, 0.6) is 5.75 Å². The van der Waals surface area contributed by atoms with Crippen molar-refractivity contribution >= 4 is 68.9 Å². The first-order chi connectivity index (χ1) is 19.9. The van der Waals surface area contributed by atoms with Crippen LogP contribution in [-0.4, -0.2) is 38.6 Å². The Morgan fingerprint density at radius 3 is 2.54 bits per heavy atom. The van der Waals surface area contributed by atoms with Gasteiger partial charge in [0.15, 0.2) is 4.34 Å². The number of ketones is 1. The molecule has 5 rings (SSSR count). The monoisotopic (exact) mass is 626 g/mol. The Balaban J connectivity index is 1.49. The van der Waals surface area contributed by atoms with Crippen LogP contribution < -0.4 is 9.64 Å². The molecule has 0 saturated carbocycles. The van der Waals surface area contributed by atoms with Crippen molar-refractivity contribution in [3.8, 4) is 5.75 Å². The molecular formula is C29H24Cl2N4O4S2. The molecule has 4 aromatic rings. The predicted molar refractivity (Wildman–Crippen MR) is 162 cm³/mol. The minimum Gasteiger partial charge on any atom is -0.507 e. The van der Waals surface area contributed by atoms with Gasteiger partial charge in [-0.05, 0) is 53.9 Å². The van der Waals surface area contributed by atoms with Gasteiger partial charge in [-0.1, -0.05) is 77.8 Å². The molecular weight excluding hydrogens is 603 g/mol. The molecule has 3 heterocycles. The Hall–Kier alpha value is -3.44. The van der Waals surface area contributed by atoms with Crippen LogP contribution in [0, 0.1) is 0 Å². The molecule has 1 unspecified atom stereocenters. The summed E-state index contributed by atoms with van der Waals surface area (Å²) in [6.45, 7) is 2.67. The Labute approximate surface area is 255 Å². The number of aromatic nitrogens is 3.